The third-order valence-electron chi connectivity index (χ3n) is 6.91. The summed E-state index contributed by atoms with van der Waals surface area (Å²) in [5, 5.41) is 5.80. The van der Waals surface area contributed by atoms with Crippen LogP contribution in [-0.4, -0.2) is 91.3 Å². The maximum atomic E-state index is 13.8. The van der Waals surface area contributed by atoms with Crippen LogP contribution in [0.25, 0.3) is 0 Å². The number of amides is 2. The molecule has 1 atom stereocenters. The number of thioether (sulfide) groups is 1. The second kappa shape index (κ2) is 12.6. The number of amidine groups is 1. The summed E-state index contributed by atoms with van der Waals surface area (Å²) in [5.41, 5.74) is 2.99. The number of fused-ring (bicyclic) bond motifs is 1. The average molecular weight is 528 g/mol. The molecule has 0 saturated carbocycles. The van der Waals surface area contributed by atoms with Crippen molar-refractivity contribution in [2.45, 2.75) is 33.2 Å². The summed E-state index contributed by atoms with van der Waals surface area (Å²) in [6.07, 6.45) is 0.201. The Morgan fingerprint density at radius 3 is 2.65 bits per heavy atom. The second-order valence-electron chi connectivity index (χ2n) is 9.09. The van der Waals surface area contributed by atoms with E-state index in [1.54, 1.807) is 7.11 Å². The molecule has 37 heavy (non-hydrogen) atoms. The Morgan fingerprint density at radius 2 is 1.95 bits per heavy atom. The molecule has 3 heterocycles. The van der Waals surface area contributed by atoms with Gasteiger partial charge in [0.2, 0.25) is 5.91 Å². The molecule has 2 amide bonds. The summed E-state index contributed by atoms with van der Waals surface area (Å²) in [4.78, 5) is 37.7. The van der Waals surface area contributed by atoms with Gasteiger partial charge in [0.15, 0.2) is 5.17 Å². The lowest BCUT2D eigenvalue weighted by Gasteiger charge is -2.38. The van der Waals surface area contributed by atoms with E-state index in [9.17, 15) is 9.59 Å². The molecular formula is C27H37N5O4S. The van der Waals surface area contributed by atoms with Crippen molar-refractivity contribution in [1.29, 1.82) is 0 Å². The number of morpholine rings is 1. The van der Waals surface area contributed by atoms with Gasteiger partial charge in [-0.15, -0.1) is 0 Å². The van der Waals surface area contributed by atoms with Gasteiger partial charge < -0.3 is 24.6 Å². The molecule has 3 aliphatic rings. The Balaban J connectivity index is 1.59. The van der Waals surface area contributed by atoms with Crippen LogP contribution < -0.4 is 10.1 Å². The summed E-state index contributed by atoms with van der Waals surface area (Å²) in [6, 6.07) is 7.31. The van der Waals surface area contributed by atoms with E-state index in [0.29, 0.717) is 36.7 Å². The lowest BCUT2D eigenvalue weighted by atomic mass is 9.92. The van der Waals surface area contributed by atoms with Crippen molar-refractivity contribution < 1.29 is 19.1 Å². The minimum Gasteiger partial charge on any atom is -0.496 e. The minimum atomic E-state index is -0.445. The van der Waals surface area contributed by atoms with E-state index in [2.05, 4.69) is 10.2 Å². The molecule has 0 radical (unpaired) electrons. The topological polar surface area (TPSA) is 86.7 Å². The fourth-order valence-electron chi connectivity index (χ4n) is 4.92. The summed E-state index contributed by atoms with van der Waals surface area (Å²) >= 11 is 1.48. The van der Waals surface area contributed by atoms with Crippen molar-refractivity contribution >= 4 is 28.7 Å². The zero-order chi connectivity index (χ0) is 26.4. The highest BCUT2D eigenvalue weighted by atomic mass is 32.2. The molecule has 9 nitrogen and oxygen atoms in total. The molecule has 1 aromatic rings. The zero-order valence-electron chi connectivity index (χ0n) is 22.2. The van der Waals surface area contributed by atoms with E-state index in [4.69, 9.17) is 14.5 Å². The van der Waals surface area contributed by atoms with Crippen molar-refractivity contribution in [3.05, 3.63) is 52.2 Å². The van der Waals surface area contributed by atoms with Gasteiger partial charge in [-0.05, 0) is 32.2 Å². The molecule has 4 rings (SSSR count). The first kappa shape index (κ1) is 27.2. The number of para-hydroxylation sites is 1. The van der Waals surface area contributed by atoms with E-state index in [-0.39, 0.29) is 18.2 Å². The SMILES string of the molecule is CCN(CC)C(=O)C1=C(C)N=C2SC=C(CC(=O)NCCN3CCOCC3)N2C1c1ccccc1OC. The molecule has 0 bridgehead atoms. The predicted octanol–water partition coefficient (Wildman–Crippen LogP) is 2.98. The van der Waals surface area contributed by atoms with Crippen LogP contribution in [0.1, 0.15) is 38.8 Å². The number of rotatable bonds is 10. The predicted molar refractivity (Wildman–Crippen MR) is 146 cm³/mol. The van der Waals surface area contributed by atoms with Crippen molar-refractivity contribution in [2.24, 2.45) is 4.99 Å². The number of methoxy groups -OCH3 is 1. The van der Waals surface area contributed by atoms with Gasteiger partial charge in [-0.25, -0.2) is 4.99 Å². The number of aliphatic imine (C=N–C) groups is 1. The molecule has 10 heteroatoms. The Kier molecular flexibility index (Phi) is 9.28. The van der Waals surface area contributed by atoms with Gasteiger partial charge in [-0.1, -0.05) is 30.0 Å². The monoisotopic (exact) mass is 527 g/mol. The highest BCUT2D eigenvalue weighted by molar-refractivity contribution is 8.16. The van der Waals surface area contributed by atoms with Crippen LogP contribution in [0.5, 0.6) is 5.75 Å². The lowest BCUT2D eigenvalue weighted by molar-refractivity contribution is -0.127. The summed E-state index contributed by atoms with van der Waals surface area (Å²) in [5.74, 6) is 0.591. The van der Waals surface area contributed by atoms with Crippen LogP contribution in [-0.2, 0) is 14.3 Å². The standard InChI is InChI=1S/C27H37N5O4S/c1-5-31(6-2)26(34)24-19(3)29-27-32(25(24)21-9-7-8-10-22(21)35-4)20(18-37-27)17-23(33)28-11-12-30-13-15-36-16-14-30/h7-10,18,25H,5-6,11-17H2,1-4H3,(H,28,33). The number of ether oxygens (including phenoxy) is 2. The Morgan fingerprint density at radius 1 is 1.22 bits per heavy atom. The number of nitrogens with one attached hydrogen (secondary N) is 1. The van der Waals surface area contributed by atoms with Crippen LogP contribution >= 0.6 is 11.8 Å². The van der Waals surface area contributed by atoms with E-state index < -0.39 is 6.04 Å². The van der Waals surface area contributed by atoms with E-state index >= 15 is 0 Å². The molecule has 1 aromatic carbocycles. The summed E-state index contributed by atoms with van der Waals surface area (Å²) < 4.78 is 11.1. The normalized spacial score (nSPS) is 19.8. The van der Waals surface area contributed by atoms with Gasteiger partial charge in [-0.3, -0.25) is 14.5 Å². The molecular weight excluding hydrogens is 490 g/mol. The van der Waals surface area contributed by atoms with Crippen LogP contribution in [0, 0.1) is 0 Å². The Bertz CT molecular complexity index is 1090. The molecule has 0 spiro atoms. The number of carbonyl (C=O) groups excluding carboxylic acids is 2. The average Bonchev–Trinajstić information content (AvgIpc) is 3.30. The van der Waals surface area contributed by atoms with Gasteiger partial charge in [0, 0.05) is 50.5 Å². The first-order valence-corrected chi connectivity index (χ1v) is 13.8. The maximum Gasteiger partial charge on any atom is 0.254 e. The van der Waals surface area contributed by atoms with Crippen molar-refractivity contribution in [1.82, 2.24) is 20.0 Å². The second-order valence-corrected chi connectivity index (χ2v) is 9.93. The lowest BCUT2D eigenvalue weighted by Crippen LogP contribution is -2.43. The van der Waals surface area contributed by atoms with Gasteiger partial charge in [0.05, 0.1) is 44.1 Å². The molecule has 1 saturated heterocycles. The number of hydrogen-bond donors (Lipinski definition) is 1. The van der Waals surface area contributed by atoms with Crippen molar-refractivity contribution in [3.63, 3.8) is 0 Å². The first-order valence-electron chi connectivity index (χ1n) is 12.9. The molecule has 0 aromatic heterocycles. The highest BCUT2D eigenvalue weighted by Gasteiger charge is 2.42. The number of likely N-dealkylation sites (N-methyl/N-ethyl adjacent to an activating group) is 1. The number of carbonyl (C=O) groups is 2. The number of hydrogen-bond acceptors (Lipinski definition) is 8. The van der Waals surface area contributed by atoms with E-state index in [0.717, 1.165) is 49.3 Å². The highest BCUT2D eigenvalue weighted by Crippen LogP contribution is 2.47. The van der Waals surface area contributed by atoms with E-state index in [1.807, 2.05) is 60.2 Å². The molecule has 1 fully saturated rings. The number of benzene rings is 1. The van der Waals surface area contributed by atoms with Crippen molar-refractivity contribution in [2.75, 3.05) is 59.6 Å². The van der Waals surface area contributed by atoms with Crippen LogP contribution in [0.2, 0.25) is 0 Å². The summed E-state index contributed by atoms with van der Waals surface area (Å²) in [6.45, 7) is 11.7. The molecule has 3 aliphatic heterocycles. The van der Waals surface area contributed by atoms with Crippen molar-refractivity contribution in [3.8, 4) is 5.75 Å². The Labute approximate surface area is 223 Å². The molecule has 0 aliphatic carbocycles. The fourth-order valence-corrected chi connectivity index (χ4v) is 5.88. The zero-order valence-corrected chi connectivity index (χ0v) is 23.0. The van der Waals surface area contributed by atoms with Gasteiger partial charge in [0.25, 0.3) is 5.91 Å². The Hall–Kier alpha value is -2.82. The first-order chi connectivity index (χ1) is 18.0. The number of allylic oxidation sites excluding steroid dienone is 1. The van der Waals surface area contributed by atoms with Gasteiger partial charge in [0.1, 0.15) is 5.75 Å². The summed E-state index contributed by atoms with van der Waals surface area (Å²) in [7, 11) is 1.64. The molecule has 1 N–H and O–H groups in total. The number of nitrogens with zero attached hydrogens (tertiary/aromatic N) is 4. The third-order valence-corrected chi connectivity index (χ3v) is 7.80. The van der Waals surface area contributed by atoms with Crippen LogP contribution in [0.15, 0.2) is 51.6 Å². The smallest absolute Gasteiger partial charge is 0.254 e. The van der Waals surface area contributed by atoms with Gasteiger partial charge in [-0.2, -0.15) is 0 Å². The third kappa shape index (κ3) is 6.02. The quantitative estimate of drug-likeness (QED) is 0.501. The maximum absolute atomic E-state index is 13.8. The van der Waals surface area contributed by atoms with Crippen LogP contribution in [0.4, 0.5) is 0 Å². The van der Waals surface area contributed by atoms with E-state index in [1.165, 1.54) is 11.8 Å². The van der Waals surface area contributed by atoms with Gasteiger partial charge >= 0.3 is 0 Å². The molecule has 1 unspecified atom stereocenters. The fraction of sp³-hybridized carbons (Fsp3) is 0.519. The minimum absolute atomic E-state index is 0.0487. The largest absolute Gasteiger partial charge is 0.496 e. The molecule has 200 valence electrons. The van der Waals surface area contributed by atoms with Crippen LogP contribution in [0.3, 0.4) is 0 Å².